The largest absolute Gasteiger partial charge is 0.311 e. The summed E-state index contributed by atoms with van der Waals surface area (Å²) in [6, 6.07) is 7.70. The van der Waals surface area contributed by atoms with E-state index in [2.05, 4.69) is 0 Å². The van der Waals surface area contributed by atoms with Crippen molar-refractivity contribution < 1.29 is 13.2 Å². The van der Waals surface area contributed by atoms with Gasteiger partial charge in [0.25, 0.3) is 0 Å². The molecule has 1 aliphatic heterocycles. The molecular formula is C14H19NO3S. The first-order valence-corrected chi connectivity index (χ1v) is 8.29. The molecule has 1 aliphatic rings. The molecule has 1 heterocycles. The van der Waals surface area contributed by atoms with Crippen molar-refractivity contribution in [1.29, 1.82) is 0 Å². The summed E-state index contributed by atoms with van der Waals surface area (Å²) in [6.45, 7) is 3.65. The number of sulfone groups is 1. The first-order valence-electron chi connectivity index (χ1n) is 6.58. The summed E-state index contributed by atoms with van der Waals surface area (Å²) in [5, 5.41) is -0.969. The van der Waals surface area contributed by atoms with Gasteiger partial charge in [-0.3, -0.25) is 4.79 Å². The summed E-state index contributed by atoms with van der Waals surface area (Å²) in [5.41, 5.74) is 1.97. The molecule has 19 heavy (non-hydrogen) atoms. The number of carbonyl (C=O) groups is 1. The van der Waals surface area contributed by atoms with E-state index in [9.17, 15) is 13.2 Å². The summed E-state index contributed by atoms with van der Waals surface area (Å²) in [5.74, 6) is -0.316. The Labute approximate surface area is 114 Å². The second-order valence-electron chi connectivity index (χ2n) is 4.82. The van der Waals surface area contributed by atoms with Crippen molar-refractivity contribution in [2.45, 2.75) is 31.9 Å². The van der Waals surface area contributed by atoms with Crippen LogP contribution in [0, 0.1) is 0 Å². The zero-order valence-corrected chi connectivity index (χ0v) is 12.1. The van der Waals surface area contributed by atoms with Gasteiger partial charge in [-0.05, 0) is 31.4 Å². The highest BCUT2D eigenvalue weighted by Gasteiger charge is 2.32. The molecule has 1 atom stereocenters. The fraction of sp³-hybridized carbons (Fsp3) is 0.500. The number of aryl methyl sites for hydroxylation is 1. The molecule has 0 spiro atoms. The highest BCUT2D eigenvalue weighted by atomic mass is 32.2. The predicted molar refractivity (Wildman–Crippen MR) is 76.0 cm³/mol. The minimum atomic E-state index is -3.34. The number of carbonyl (C=O) groups excluding carboxylic acids is 1. The normalized spacial score (nSPS) is 16.8. The number of anilines is 1. The van der Waals surface area contributed by atoms with Crippen LogP contribution in [0.4, 0.5) is 5.69 Å². The number of fused-ring (bicyclic) bond motifs is 1. The van der Waals surface area contributed by atoms with Crippen LogP contribution in [0.2, 0.25) is 0 Å². The van der Waals surface area contributed by atoms with Gasteiger partial charge in [0.15, 0.2) is 9.84 Å². The molecule has 0 aromatic heterocycles. The van der Waals surface area contributed by atoms with Gasteiger partial charge in [0.05, 0.1) is 0 Å². The molecule has 0 radical (unpaired) electrons. The highest BCUT2D eigenvalue weighted by molar-refractivity contribution is 7.92. The van der Waals surface area contributed by atoms with Crippen LogP contribution in [-0.4, -0.2) is 31.9 Å². The van der Waals surface area contributed by atoms with Gasteiger partial charge in [-0.25, -0.2) is 8.42 Å². The van der Waals surface area contributed by atoms with Crippen LogP contribution < -0.4 is 4.90 Å². The fourth-order valence-corrected chi connectivity index (χ4v) is 3.32. The molecule has 0 N–H and O–H groups in total. The lowest BCUT2D eigenvalue weighted by Crippen LogP contribution is -2.44. The van der Waals surface area contributed by atoms with Crippen LogP contribution in [-0.2, 0) is 21.1 Å². The zero-order chi connectivity index (χ0) is 14.0. The number of nitrogens with zero attached hydrogens (tertiary/aromatic N) is 1. The van der Waals surface area contributed by atoms with Crippen molar-refractivity contribution in [2.75, 3.05) is 17.2 Å². The number of hydrogen-bond acceptors (Lipinski definition) is 3. The van der Waals surface area contributed by atoms with Gasteiger partial charge in [0.2, 0.25) is 5.91 Å². The van der Waals surface area contributed by atoms with Crippen LogP contribution in [0.25, 0.3) is 0 Å². The molecule has 0 saturated heterocycles. The molecule has 0 bridgehead atoms. The Kier molecular flexibility index (Phi) is 3.94. The standard InChI is InChI=1S/C14H19NO3S/c1-3-19(17,18)11(2)14(16)15-10-6-8-12-7-4-5-9-13(12)15/h4-5,7,9,11H,3,6,8,10H2,1-2H3. The van der Waals surface area contributed by atoms with Crippen LogP contribution in [0.3, 0.4) is 0 Å². The molecule has 0 aliphatic carbocycles. The smallest absolute Gasteiger partial charge is 0.245 e. The third kappa shape index (κ3) is 2.66. The quantitative estimate of drug-likeness (QED) is 0.848. The van der Waals surface area contributed by atoms with Crippen LogP contribution >= 0.6 is 0 Å². The van der Waals surface area contributed by atoms with Gasteiger partial charge in [0, 0.05) is 18.0 Å². The van der Waals surface area contributed by atoms with Crippen molar-refractivity contribution in [1.82, 2.24) is 0 Å². The van der Waals surface area contributed by atoms with E-state index in [0.717, 1.165) is 24.1 Å². The first kappa shape index (κ1) is 14.1. The molecule has 1 aromatic rings. The monoisotopic (exact) mass is 281 g/mol. The molecule has 1 aromatic carbocycles. The van der Waals surface area contributed by atoms with Gasteiger partial charge in [-0.2, -0.15) is 0 Å². The Morgan fingerprint density at radius 1 is 1.37 bits per heavy atom. The number of rotatable bonds is 3. The molecule has 4 nitrogen and oxygen atoms in total. The van der Waals surface area contributed by atoms with E-state index in [1.165, 1.54) is 6.92 Å². The zero-order valence-electron chi connectivity index (χ0n) is 11.3. The number of hydrogen-bond donors (Lipinski definition) is 0. The number of para-hydroxylation sites is 1. The summed E-state index contributed by atoms with van der Waals surface area (Å²) in [6.07, 6.45) is 1.82. The van der Waals surface area contributed by atoms with E-state index >= 15 is 0 Å². The molecule has 2 rings (SSSR count). The van der Waals surface area contributed by atoms with E-state index in [1.54, 1.807) is 11.8 Å². The highest BCUT2D eigenvalue weighted by Crippen LogP contribution is 2.27. The third-order valence-electron chi connectivity index (χ3n) is 3.67. The van der Waals surface area contributed by atoms with E-state index in [1.807, 2.05) is 24.3 Å². The molecule has 5 heteroatoms. The number of amides is 1. The van der Waals surface area contributed by atoms with Crippen molar-refractivity contribution in [3.8, 4) is 0 Å². The maximum atomic E-state index is 12.4. The SMILES string of the molecule is CCS(=O)(=O)C(C)C(=O)N1CCCc2ccccc21. The Bertz CT molecular complexity index is 580. The summed E-state index contributed by atoms with van der Waals surface area (Å²) in [7, 11) is -3.34. The van der Waals surface area contributed by atoms with Gasteiger partial charge in [-0.1, -0.05) is 25.1 Å². The number of benzene rings is 1. The van der Waals surface area contributed by atoms with Gasteiger partial charge < -0.3 is 4.90 Å². The minimum Gasteiger partial charge on any atom is -0.311 e. The Hall–Kier alpha value is -1.36. The lowest BCUT2D eigenvalue weighted by molar-refractivity contribution is -0.118. The Morgan fingerprint density at radius 3 is 2.74 bits per heavy atom. The van der Waals surface area contributed by atoms with Crippen molar-refractivity contribution in [2.24, 2.45) is 0 Å². The van der Waals surface area contributed by atoms with E-state index in [0.29, 0.717) is 6.54 Å². The maximum absolute atomic E-state index is 12.4. The minimum absolute atomic E-state index is 0.00457. The molecular weight excluding hydrogens is 262 g/mol. The second-order valence-corrected chi connectivity index (χ2v) is 7.43. The van der Waals surface area contributed by atoms with Crippen molar-refractivity contribution >= 4 is 21.4 Å². The van der Waals surface area contributed by atoms with Gasteiger partial charge >= 0.3 is 0 Å². The van der Waals surface area contributed by atoms with Crippen molar-refractivity contribution in [3.05, 3.63) is 29.8 Å². The average molecular weight is 281 g/mol. The van der Waals surface area contributed by atoms with Crippen LogP contribution in [0.5, 0.6) is 0 Å². The third-order valence-corrected chi connectivity index (χ3v) is 5.75. The van der Waals surface area contributed by atoms with Crippen LogP contribution in [0.15, 0.2) is 24.3 Å². The summed E-state index contributed by atoms with van der Waals surface area (Å²) < 4.78 is 23.7. The molecule has 1 unspecified atom stereocenters. The fourth-order valence-electron chi connectivity index (χ4n) is 2.39. The Balaban J connectivity index is 2.32. The second kappa shape index (κ2) is 5.33. The molecule has 104 valence electrons. The first-order chi connectivity index (χ1) is 8.97. The topological polar surface area (TPSA) is 54.5 Å². The lowest BCUT2D eigenvalue weighted by Gasteiger charge is -2.31. The van der Waals surface area contributed by atoms with Gasteiger partial charge in [-0.15, -0.1) is 0 Å². The van der Waals surface area contributed by atoms with E-state index in [-0.39, 0.29) is 11.7 Å². The van der Waals surface area contributed by atoms with Crippen molar-refractivity contribution in [3.63, 3.8) is 0 Å². The predicted octanol–water partition coefficient (Wildman–Crippen LogP) is 1.79. The van der Waals surface area contributed by atoms with E-state index < -0.39 is 15.1 Å². The molecule has 0 saturated carbocycles. The van der Waals surface area contributed by atoms with E-state index in [4.69, 9.17) is 0 Å². The van der Waals surface area contributed by atoms with Crippen LogP contribution in [0.1, 0.15) is 25.8 Å². The average Bonchev–Trinajstić information content (AvgIpc) is 2.45. The maximum Gasteiger partial charge on any atom is 0.245 e. The van der Waals surface area contributed by atoms with Gasteiger partial charge in [0.1, 0.15) is 5.25 Å². The molecule has 0 fully saturated rings. The Morgan fingerprint density at radius 2 is 2.05 bits per heavy atom. The summed E-state index contributed by atoms with van der Waals surface area (Å²) in [4.78, 5) is 14.0. The molecule has 1 amide bonds. The lowest BCUT2D eigenvalue weighted by atomic mass is 10.0. The summed E-state index contributed by atoms with van der Waals surface area (Å²) >= 11 is 0.